The fraction of sp³-hybridized carbons (Fsp3) is 0.538. The Hall–Kier alpha value is -1.24. The molecule has 0 heterocycles. The Bertz CT molecular complexity index is 424. The monoisotopic (exact) mass is 299 g/mol. The van der Waals surface area contributed by atoms with Crippen LogP contribution in [0.25, 0.3) is 0 Å². The minimum absolute atomic E-state index is 0.214. The Morgan fingerprint density at radius 1 is 1.10 bits per heavy atom. The molecule has 0 saturated heterocycles. The molecule has 0 aliphatic rings. The lowest BCUT2D eigenvalue weighted by atomic mass is 9.99. The highest BCUT2D eigenvalue weighted by Crippen LogP contribution is 2.32. The molecule has 0 fully saturated rings. The first kappa shape index (κ1) is 16.8. The molecule has 1 unspecified atom stereocenters. The molecule has 20 heavy (non-hydrogen) atoms. The standard InChI is InChI=1S/C13H15F6N/c1-2-20-11(6-7-12(14,15)16)9-4-3-5-10(8-9)13(17,18)19/h3-5,8,11,20H,2,6-7H2,1H3. The molecular weight excluding hydrogens is 284 g/mol. The van der Waals surface area contributed by atoms with Crippen LogP contribution in [0.4, 0.5) is 26.3 Å². The van der Waals surface area contributed by atoms with Crippen LogP contribution in [0, 0.1) is 0 Å². The predicted octanol–water partition coefficient (Wildman–Crippen LogP) is 4.70. The summed E-state index contributed by atoms with van der Waals surface area (Å²) in [5, 5.41) is 2.78. The molecule has 1 atom stereocenters. The van der Waals surface area contributed by atoms with Gasteiger partial charge in [-0.05, 0) is 30.7 Å². The summed E-state index contributed by atoms with van der Waals surface area (Å²) in [6.07, 6.45) is -10.2. The Morgan fingerprint density at radius 2 is 1.75 bits per heavy atom. The van der Waals surface area contributed by atoms with Gasteiger partial charge in [0.25, 0.3) is 0 Å². The minimum atomic E-state index is -4.50. The van der Waals surface area contributed by atoms with Crippen LogP contribution in [0.2, 0.25) is 0 Å². The van der Waals surface area contributed by atoms with E-state index < -0.39 is 30.4 Å². The first-order valence-electron chi connectivity index (χ1n) is 6.11. The molecule has 1 N–H and O–H groups in total. The van der Waals surface area contributed by atoms with Crippen LogP contribution in [0.1, 0.15) is 36.9 Å². The number of alkyl halides is 6. The molecule has 0 spiro atoms. The zero-order chi connectivity index (χ0) is 15.4. The third-order valence-electron chi connectivity index (χ3n) is 2.78. The van der Waals surface area contributed by atoms with Crippen molar-refractivity contribution in [2.24, 2.45) is 0 Å². The fourth-order valence-electron chi connectivity index (χ4n) is 1.87. The van der Waals surface area contributed by atoms with E-state index in [4.69, 9.17) is 0 Å². The summed E-state index contributed by atoms with van der Waals surface area (Å²) in [4.78, 5) is 0. The number of hydrogen-bond donors (Lipinski definition) is 1. The smallest absolute Gasteiger partial charge is 0.310 e. The van der Waals surface area contributed by atoms with Gasteiger partial charge in [-0.2, -0.15) is 26.3 Å². The minimum Gasteiger partial charge on any atom is -0.310 e. The maximum atomic E-state index is 12.6. The van der Waals surface area contributed by atoms with E-state index in [0.717, 1.165) is 12.1 Å². The number of hydrogen-bond acceptors (Lipinski definition) is 1. The number of nitrogens with one attached hydrogen (secondary N) is 1. The van der Waals surface area contributed by atoms with Gasteiger partial charge in [0.05, 0.1) is 5.56 Å². The molecule has 0 aliphatic carbocycles. The average Bonchev–Trinajstić information content (AvgIpc) is 2.32. The highest BCUT2D eigenvalue weighted by Gasteiger charge is 2.32. The molecule has 0 aromatic heterocycles. The van der Waals surface area contributed by atoms with E-state index >= 15 is 0 Å². The Kier molecular flexibility index (Phi) is 5.44. The highest BCUT2D eigenvalue weighted by molar-refractivity contribution is 5.28. The topological polar surface area (TPSA) is 12.0 Å². The van der Waals surface area contributed by atoms with E-state index in [2.05, 4.69) is 5.32 Å². The van der Waals surface area contributed by atoms with Crippen molar-refractivity contribution < 1.29 is 26.3 Å². The second-order valence-corrected chi connectivity index (χ2v) is 4.39. The lowest BCUT2D eigenvalue weighted by Crippen LogP contribution is -2.23. The third-order valence-corrected chi connectivity index (χ3v) is 2.78. The molecule has 7 heteroatoms. The van der Waals surface area contributed by atoms with Gasteiger partial charge in [-0.25, -0.2) is 0 Å². The zero-order valence-corrected chi connectivity index (χ0v) is 10.8. The lowest BCUT2D eigenvalue weighted by Gasteiger charge is -2.20. The number of rotatable bonds is 5. The Balaban J connectivity index is 2.91. The summed E-state index contributed by atoms with van der Waals surface area (Å²) in [5.74, 6) is 0. The van der Waals surface area contributed by atoms with Crippen molar-refractivity contribution in [1.82, 2.24) is 5.32 Å². The summed E-state index contributed by atoms with van der Waals surface area (Å²) in [7, 11) is 0. The maximum absolute atomic E-state index is 12.6. The van der Waals surface area contributed by atoms with Crippen molar-refractivity contribution in [3.8, 4) is 0 Å². The quantitative estimate of drug-likeness (QED) is 0.777. The molecule has 1 nitrogen and oxygen atoms in total. The molecule has 114 valence electrons. The van der Waals surface area contributed by atoms with Crippen LogP contribution < -0.4 is 5.32 Å². The molecule has 0 amide bonds. The van der Waals surface area contributed by atoms with Gasteiger partial charge in [-0.1, -0.05) is 19.1 Å². The van der Waals surface area contributed by atoms with E-state index in [0.29, 0.717) is 6.54 Å². The van der Waals surface area contributed by atoms with Gasteiger partial charge in [-0.3, -0.25) is 0 Å². The van der Waals surface area contributed by atoms with Crippen LogP contribution in [0.15, 0.2) is 24.3 Å². The van der Waals surface area contributed by atoms with Crippen LogP contribution in [0.5, 0.6) is 0 Å². The van der Waals surface area contributed by atoms with Gasteiger partial charge in [0.15, 0.2) is 0 Å². The van der Waals surface area contributed by atoms with E-state index in [-0.39, 0.29) is 12.0 Å². The van der Waals surface area contributed by atoms with Crippen molar-refractivity contribution in [2.75, 3.05) is 6.54 Å². The van der Waals surface area contributed by atoms with Gasteiger partial charge in [0, 0.05) is 12.5 Å². The first-order valence-corrected chi connectivity index (χ1v) is 6.11. The van der Waals surface area contributed by atoms with Crippen molar-refractivity contribution in [2.45, 2.75) is 38.2 Å². The molecule has 1 aromatic rings. The fourth-order valence-corrected chi connectivity index (χ4v) is 1.87. The van der Waals surface area contributed by atoms with Gasteiger partial charge in [-0.15, -0.1) is 0 Å². The molecule has 0 saturated carbocycles. The van der Waals surface area contributed by atoms with Crippen molar-refractivity contribution in [3.05, 3.63) is 35.4 Å². The Labute approximate surface area is 113 Å². The summed E-state index contributed by atoms with van der Waals surface area (Å²) >= 11 is 0. The molecule has 0 bridgehead atoms. The summed E-state index contributed by atoms with van der Waals surface area (Å²) in [6, 6.07) is 3.65. The second kappa shape index (κ2) is 6.47. The van der Waals surface area contributed by atoms with Crippen LogP contribution in [-0.4, -0.2) is 12.7 Å². The zero-order valence-electron chi connectivity index (χ0n) is 10.8. The largest absolute Gasteiger partial charge is 0.416 e. The van der Waals surface area contributed by atoms with Gasteiger partial charge in [0.1, 0.15) is 0 Å². The average molecular weight is 299 g/mol. The molecule has 0 aliphatic heterocycles. The van der Waals surface area contributed by atoms with Crippen molar-refractivity contribution >= 4 is 0 Å². The van der Waals surface area contributed by atoms with E-state index in [1.54, 1.807) is 6.92 Å². The number of benzene rings is 1. The van der Waals surface area contributed by atoms with Crippen molar-refractivity contribution in [1.29, 1.82) is 0 Å². The SMILES string of the molecule is CCNC(CCC(F)(F)F)c1cccc(C(F)(F)F)c1. The number of halogens is 6. The first-order chi connectivity index (χ1) is 9.13. The molecule has 1 aromatic carbocycles. The predicted molar refractivity (Wildman–Crippen MR) is 63.2 cm³/mol. The van der Waals surface area contributed by atoms with Gasteiger partial charge in [0.2, 0.25) is 0 Å². The lowest BCUT2D eigenvalue weighted by molar-refractivity contribution is -0.138. The van der Waals surface area contributed by atoms with Gasteiger partial charge < -0.3 is 5.32 Å². The highest BCUT2D eigenvalue weighted by atomic mass is 19.4. The van der Waals surface area contributed by atoms with E-state index in [1.807, 2.05) is 0 Å². The molecule has 0 radical (unpaired) electrons. The van der Waals surface area contributed by atoms with Crippen LogP contribution in [0.3, 0.4) is 0 Å². The second-order valence-electron chi connectivity index (χ2n) is 4.39. The maximum Gasteiger partial charge on any atom is 0.416 e. The van der Waals surface area contributed by atoms with Crippen LogP contribution >= 0.6 is 0 Å². The van der Waals surface area contributed by atoms with Crippen LogP contribution in [-0.2, 0) is 6.18 Å². The molecular formula is C13H15F6N. The van der Waals surface area contributed by atoms with E-state index in [9.17, 15) is 26.3 Å². The normalized spacial score (nSPS) is 14.3. The molecule has 1 rings (SSSR count). The summed E-state index contributed by atoms with van der Waals surface area (Å²) in [5.41, 5.74) is -0.643. The summed E-state index contributed by atoms with van der Waals surface area (Å²) < 4.78 is 74.5. The van der Waals surface area contributed by atoms with Crippen molar-refractivity contribution in [3.63, 3.8) is 0 Å². The van der Waals surface area contributed by atoms with E-state index in [1.165, 1.54) is 12.1 Å². The Morgan fingerprint density at radius 3 is 2.25 bits per heavy atom. The van der Waals surface area contributed by atoms with Gasteiger partial charge >= 0.3 is 12.4 Å². The third kappa shape index (κ3) is 5.40. The summed E-state index contributed by atoms with van der Waals surface area (Å²) in [6.45, 7) is 2.06.